The molecule has 1 rings (SSSR count). The van der Waals surface area contributed by atoms with Gasteiger partial charge in [-0.3, -0.25) is 15.2 Å². The van der Waals surface area contributed by atoms with Crippen LogP contribution in [0.25, 0.3) is 0 Å². The Morgan fingerprint density at radius 3 is 2.32 bits per heavy atom. The molecule has 0 aliphatic rings. The molecule has 0 aliphatic heterocycles. The van der Waals surface area contributed by atoms with Crippen molar-refractivity contribution >= 4 is 11.9 Å². The van der Waals surface area contributed by atoms with Crippen LogP contribution in [-0.2, 0) is 16.0 Å². The number of hydrogen-bond acceptors (Lipinski definition) is 5. The molecule has 0 atom stereocenters. The largest absolute Gasteiger partial charge is 0.443 e. The van der Waals surface area contributed by atoms with Gasteiger partial charge in [0, 0.05) is 18.3 Å². The maximum Gasteiger partial charge on any atom is 0.421 e. The molecule has 19 heavy (non-hydrogen) atoms. The molecule has 3 N–H and O–H groups in total. The Kier molecular flexibility index (Phi) is 7.36. The van der Waals surface area contributed by atoms with Crippen LogP contribution in [0.4, 0.5) is 4.79 Å². The van der Waals surface area contributed by atoms with Crippen LogP contribution in [0.5, 0.6) is 0 Å². The van der Waals surface area contributed by atoms with Crippen molar-refractivity contribution in [2.75, 3.05) is 0 Å². The van der Waals surface area contributed by atoms with Gasteiger partial charge >= 0.3 is 6.09 Å². The van der Waals surface area contributed by atoms with E-state index in [2.05, 4.69) is 4.98 Å². The van der Waals surface area contributed by atoms with Gasteiger partial charge < -0.3 is 4.74 Å². The first-order valence-electron chi connectivity index (χ1n) is 5.83. The van der Waals surface area contributed by atoms with Gasteiger partial charge in [-0.15, -0.1) is 0 Å². The molecule has 0 fully saturated rings. The van der Waals surface area contributed by atoms with E-state index in [9.17, 15) is 9.59 Å². The molecule has 6 nitrogen and oxygen atoms in total. The van der Waals surface area contributed by atoms with Crippen molar-refractivity contribution in [2.45, 2.75) is 39.7 Å². The zero-order chi connectivity index (χ0) is 14.9. The highest BCUT2D eigenvalue weighted by molar-refractivity contribution is 5.77. The zero-order valence-electron chi connectivity index (χ0n) is 11.8. The maximum absolute atomic E-state index is 10.6. The Morgan fingerprint density at radius 1 is 1.37 bits per heavy atom. The summed E-state index contributed by atoms with van der Waals surface area (Å²) in [4.78, 5) is 24.9. The van der Waals surface area contributed by atoms with E-state index in [1.165, 1.54) is 0 Å². The first kappa shape index (κ1) is 17.1. The minimum Gasteiger partial charge on any atom is -0.443 e. The van der Waals surface area contributed by atoms with Gasteiger partial charge in [-0.2, -0.15) is 0 Å². The van der Waals surface area contributed by atoms with Gasteiger partial charge in [0.05, 0.1) is 0 Å². The molecule has 0 saturated carbocycles. The molecule has 6 heteroatoms. The molecule has 0 radical (unpaired) electrons. The number of Topliss-reactive ketones (excluding diaryl/α,β-unsaturated/α-hetero) is 1. The second kappa shape index (κ2) is 8.20. The third kappa shape index (κ3) is 10.9. The summed E-state index contributed by atoms with van der Waals surface area (Å²) in [6, 6.07) is 5.57. The lowest BCUT2D eigenvalue weighted by molar-refractivity contribution is -0.116. The quantitative estimate of drug-likeness (QED) is 0.482. The summed E-state index contributed by atoms with van der Waals surface area (Å²) in [7, 11) is 0. The fourth-order valence-corrected chi connectivity index (χ4v) is 1.07. The Hall–Kier alpha value is -1.95. The Bertz CT molecular complexity index is 399. The lowest BCUT2D eigenvalue weighted by Gasteiger charge is -2.18. The van der Waals surface area contributed by atoms with Gasteiger partial charge in [-0.05, 0) is 39.8 Å². The van der Waals surface area contributed by atoms with Crippen LogP contribution < -0.4 is 11.3 Å². The molecule has 0 saturated heterocycles. The zero-order valence-corrected chi connectivity index (χ0v) is 11.8. The molecule has 1 amide bonds. The number of nitrogens with two attached hydrogens (primary N) is 1. The van der Waals surface area contributed by atoms with Crippen LogP contribution in [-0.4, -0.2) is 22.5 Å². The van der Waals surface area contributed by atoms with Crippen LogP contribution >= 0.6 is 0 Å². The standard InChI is InChI=1S/C8H9NO.C5H12N2O2/c1-7(10)6-8-4-2-3-5-9-8;1-5(2,3)9-4(8)7-6/h2-5H,6H2,1H3;6H2,1-3H3,(H,7,8). The van der Waals surface area contributed by atoms with E-state index in [0.29, 0.717) is 6.42 Å². The van der Waals surface area contributed by atoms with Crippen LogP contribution in [0.15, 0.2) is 24.4 Å². The average Bonchev–Trinajstić information content (AvgIpc) is 2.28. The molecule has 1 aromatic heterocycles. The van der Waals surface area contributed by atoms with E-state index in [-0.39, 0.29) is 5.78 Å². The van der Waals surface area contributed by atoms with Gasteiger partial charge in [0.25, 0.3) is 0 Å². The number of hydrazine groups is 1. The molecule has 0 unspecified atom stereocenters. The average molecular weight is 267 g/mol. The fraction of sp³-hybridized carbons (Fsp3) is 0.462. The second-order valence-electron chi connectivity index (χ2n) is 4.85. The summed E-state index contributed by atoms with van der Waals surface area (Å²) in [5, 5.41) is 0. The minimum absolute atomic E-state index is 0.152. The van der Waals surface area contributed by atoms with Crippen molar-refractivity contribution in [3.05, 3.63) is 30.1 Å². The van der Waals surface area contributed by atoms with E-state index < -0.39 is 11.7 Å². The highest BCUT2D eigenvalue weighted by Gasteiger charge is 2.14. The smallest absolute Gasteiger partial charge is 0.421 e. The van der Waals surface area contributed by atoms with Crippen molar-refractivity contribution < 1.29 is 14.3 Å². The third-order valence-electron chi connectivity index (χ3n) is 1.67. The highest BCUT2D eigenvalue weighted by atomic mass is 16.6. The molecular weight excluding hydrogens is 246 g/mol. The fourth-order valence-electron chi connectivity index (χ4n) is 1.07. The maximum atomic E-state index is 10.6. The first-order chi connectivity index (χ1) is 8.74. The molecule has 0 aromatic carbocycles. The molecule has 1 heterocycles. The van der Waals surface area contributed by atoms with Crippen LogP contribution in [0.3, 0.4) is 0 Å². The lowest BCUT2D eigenvalue weighted by atomic mass is 10.2. The minimum atomic E-state index is -0.609. The molecular formula is C13H21N3O3. The molecule has 0 spiro atoms. The number of rotatable bonds is 2. The summed E-state index contributed by atoms with van der Waals surface area (Å²) in [5.74, 6) is 4.91. The summed E-state index contributed by atoms with van der Waals surface area (Å²) in [5.41, 5.74) is 2.23. The second-order valence-corrected chi connectivity index (χ2v) is 4.85. The van der Waals surface area contributed by atoms with Gasteiger partial charge in [0.15, 0.2) is 0 Å². The molecule has 0 aliphatic carbocycles. The Balaban J connectivity index is 0.000000344. The molecule has 1 aromatic rings. The lowest BCUT2D eigenvalue weighted by Crippen LogP contribution is -2.36. The van der Waals surface area contributed by atoms with Crippen LogP contribution in [0.1, 0.15) is 33.4 Å². The van der Waals surface area contributed by atoms with E-state index in [1.807, 2.05) is 23.6 Å². The number of nitrogens with zero attached hydrogens (tertiary/aromatic N) is 1. The third-order valence-corrected chi connectivity index (χ3v) is 1.67. The van der Waals surface area contributed by atoms with E-state index in [4.69, 9.17) is 10.6 Å². The first-order valence-corrected chi connectivity index (χ1v) is 5.83. The number of hydrogen-bond donors (Lipinski definition) is 2. The van der Waals surface area contributed by atoms with Crippen molar-refractivity contribution in [2.24, 2.45) is 5.84 Å². The van der Waals surface area contributed by atoms with Crippen molar-refractivity contribution in [3.8, 4) is 0 Å². The number of carbonyl (C=O) groups is 2. The number of aromatic nitrogens is 1. The molecule has 106 valence electrons. The summed E-state index contributed by atoms with van der Waals surface area (Å²) >= 11 is 0. The van der Waals surface area contributed by atoms with Crippen LogP contribution in [0.2, 0.25) is 0 Å². The summed E-state index contributed by atoms with van der Waals surface area (Å²) < 4.78 is 4.71. The highest BCUT2D eigenvalue weighted by Crippen LogP contribution is 2.05. The summed E-state index contributed by atoms with van der Waals surface area (Å²) in [6.45, 7) is 6.86. The van der Waals surface area contributed by atoms with Crippen LogP contribution in [0, 0.1) is 0 Å². The monoisotopic (exact) mass is 267 g/mol. The Morgan fingerprint density at radius 2 is 2.00 bits per heavy atom. The predicted octanol–water partition coefficient (Wildman–Crippen LogP) is 1.60. The van der Waals surface area contributed by atoms with Crippen molar-refractivity contribution in [1.82, 2.24) is 10.4 Å². The number of nitrogens with one attached hydrogen (secondary N) is 1. The SMILES string of the molecule is CC(=O)Cc1ccccn1.CC(C)(C)OC(=O)NN. The van der Waals surface area contributed by atoms with Gasteiger partial charge in [0.2, 0.25) is 0 Å². The topological polar surface area (TPSA) is 94.3 Å². The van der Waals surface area contributed by atoms with Gasteiger partial charge in [0.1, 0.15) is 11.4 Å². The van der Waals surface area contributed by atoms with Gasteiger partial charge in [-0.1, -0.05) is 6.07 Å². The van der Waals surface area contributed by atoms with Gasteiger partial charge in [-0.25, -0.2) is 10.6 Å². The number of carbonyl (C=O) groups excluding carboxylic acids is 2. The number of ketones is 1. The molecule has 0 bridgehead atoms. The van der Waals surface area contributed by atoms with E-state index >= 15 is 0 Å². The Labute approximate surface area is 113 Å². The van der Waals surface area contributed by atoms with E-state index in [1.54, 1.807) is 33.9 Å². The number of ether oxygens (including phenoxy) is 1. The van der Waals surface area contributed by atoms with E-state index in [0.717, 1.165) is 5.69 Å². The van der Waals surface area contributed by atoms with Crippen molar-refractivity contribution in [1.29, 1.82) is 0 Å². The number of amides is 1. The summed E-state index contributed by atoms with van der Waals surface area (Å²) in [6.07, 6.45) is 1.53. The number of pyridine rings is 1. The van der Waals surface area contributed by atoms with Crippen molar-refractivity contribution in [3.63, 3.8) is 0 Å². The normalized spacial score (nSPS) is 9.95. The predicted molar refractivity (Wildman–Crippen MR) is 72.2 cm³/mol.